The summed E-state index contributed by atoms with van der Waals surface area (Å²) in [6, 6.07) is 0. The van der Waals surface area contributed by atoms with Crippen LogP contribution >= 0.6 is 0 Å². The van der Waals surface area contributed by atoms with Crippen molar-refractivity contribution in [1.82, 2.24) is 29.9 Å². The number of hydrogen-bond acceptors (Lipinski definition) is 5. The van der Waals surface area contributed by atoms with Crippen molar-refractivity contribution in [1.29, 1.82) is 0 Å². The van der Waals surface area contributed by atoms with E-state index in [1.165, 1.54) is 25.7 Å². The molecule has 0 radical (unpaired) electrons. The monoisotopic (exact) mass is 375 g/mol. The van der Waals surface area contributed by atoms with Crippen molar-refractivity contribution in [3.05, 3.63) is 11.6 Å². The fourth-order valence-electron chi connectivity index (χ4n) is 4.35. The van der Waals surface area contributed by atoms with E-state index >= 15 is 0 Å². The molecule has 3 aliphatic rings. The molecule has 3 heterocycles. The number of nitrogens with zero attached hydrogens (tertiary/aromatic N) is 6. The molecular weight excluding hydrogens is 342 g/mol. The van der Waals surface area contributed by atoms with E-state index in [0.29, 0.717) is 12.0 Å². The third-order valence-corrected chi connectivity index (χ3v) is 6.52. The Morgan fingerprint density at radius 3 is 2.63 bits per heavy atom. The van der Waals surface area contributed by atoms with Gasteiger partial charge in [0.1, 0.15) is 12.4 Å². The molecule has 0 unspecified atom stereocenters. The molecule has 1 aromatic rings. The first-order chi connectivity index (χ1) is 13.2. The standard InChI is InChI=1S/C19H33N7O/c1-16-22-23-17(24(16)2)14-21-18(20-7-9-25-10-12-27-13-11-25)26-8-6-19(15-26)4-3-5-19/h3-15H2,1-2H3,(H,20,21). The van der Waals surface area contributed by atoms with E-state index in [4.69, 9.17) is 9.73 Å². The number of nitrogens with one attached hydrogen (secondary N) is 1. The first-order valence-electron chi connectivity index (χ1n) is 10.3. The third-order valence-electron chi connectivity index (χ3n) is 6.52. The molecule has 3 fully saturated rings. The summed E-state index contributed by atoms with van der Waals surface area (Å²) >= 11 is 0. The van der Waals surface area contributed by atoms with Gasteiger partial charge in [-0.15, -0.1) is 10.2 Å². The van der Waals surface area contributed by atoms with Crippen LogP contribution in [0.25, 0.3) is 0 Å². The van der Waals surface area contributed by atoms with Crippen LogP contribution in [0.3, 0.4) is 0 Å². The van der Waals surface area contributed by atoms with Crippen molar-refractivity contribution in [3.8, 4) is 0 Å². The first kappa shape index (κ1) is 18.7. The molecule has 8 heteroatoms. The Hall–Kier alpha value is -1.67. The number of likely N-dealkylation sites (tertiary alicyclic amines) is 1. The van der Waals surface area contributed by atoms with Gasteiger partial charge in [-0.1, -0.05) is 6.42 Å². The summed E-state index contributed by atoms with van der Waals surface area (Å²) in [5.74, 6) is 2.88. The van der Waals surface area contributed by atoms with Crippen LogP contribution in [0.4, 0.5) is 0 Å². The molecule has 2 saturated heterocycles. The van der Waals surface area contributed by atoms with E-state index in [-0.39, 0.29) is 0 Å². The van der Waals surface area contributed by atoms with E-state index < -0.39 is 0 Å². The topological polar surface area (TPSA) is 70.8 Å². The quantitative estimate of drug-likeness (QED) is 0.606. The van der Waals surface area contributed by atoms with Crippen LogP contribution in [-0.4, -0.2) is 83.0 Å². The molecule has 4 rings (SSSR count). The molecule has 8 nitrogen and oxygen atoms in total. The lowest BCUT2D eigenvalue weighted by molar-refractivity contribution is 0.0388. The van der Waals surface area contributed by atoms with Gasteiger partial charge in [-0.25, -0.2) is 4.99 Å². The summed E-state index contributed by atoms with van der Waals surface area (Å²) in [5.41, 5.74) is 0.564. The molecule has 27 heavy (non-hydrogen) atoms. The lowest BCUT2D eigenvalue weighted by atomic mass is 9.68. The van der Waals surface area contributed by atoms with Gasteiger partial charge in [0.25, 0.3) is 0 Å². The lowest BCUT2D eigenvalue weighted by Crippen LogP contribution is -2.46. The molecule has 0 bridgehead atoms. The Morgan fingerprint density at radius 1 is 1.19 bits per heavy atom. The zero-order valence-electron chi connectivity index (χ0n) is 16.8. The molecule has 1 aromatic heterocycles. The largest absolute Gasteiger partial charge is 0.379 e. The van der Waals surface area contributed by atoms with Gasteiger partial charge in [0.15, 0.2) is 11.8 Å². The summed E-state index contributed by atoms with van der Waals surface area (Å²) in [5, 5.41) is 12.0. The molecule has 2 aliphatic heterocycles. The van der Waals surface area contributed by atoms with Crippen LogP contribution in [0.2, 0.25) is 0 Å². The van der Waals surface area contributed by atoms with Crippen molar-refractivity contribution in [2.75, 3.05) is 52.5 Å². The minimum absolute atomic E-state index is 0.564. The Balaban J connectivity index is 1.38. The van der Waals surface area contributed by atoms with Crippen LogP contribution in [-0.2, 0) is 18.3 Å². The molecule has 1 N–H and O–H groups in total. The number of guanidine groups is 1. The summed E-state index contributed by atoms with van der Waals surface area (Å²) in [7, 11) is 2.00. The molecule has 1 saturated carbocycles. The number of ether oxygens (including phenoxy) is 1. The van der Waals surface area contributed by atoms with Gasteiger partial charge < -0.3 is 19.5 Å². The second kappa shape index (κ2) is 8.14. The van der Waals surface area contributed by atoms with Crippen molar-refractivity contribution in [3.63, 3.8) is 0 Å². The number of aryl methyl sites for hydroxylation is 1. The average molecular weight is 376 g/mol. The molecule has 1 spiro atoms. The lowest BCUT2D eigenvalue weighted by Gasteiger charge is -2.38. The van der Waals surface area contributed by atoms with Crippen LogP contribution in [0.5, 0.6) is 0 Å². The van der Waals surface area contributed by atoms with Crippen molar-refractivity contribution >= 4 is 5.96 Å². The zero-order valence-corrected chi connectivity index (χ0v) is 16.8. The van der Waals surface area contributed by atoms with Gasteiger partial charge >= 0.3 is 0 Å². The Kier molecular flexibility index (Phi) is 5.63. The zero-order chi connectivity index (χ0) is 18.7. The SMILES string of the molecule is Cc1nnc(CN=C(NCCN2CCOCC2)N2CCC3(CCC3)C2)n1C. The first-order valence-corrected chi connectivity index (χ1v) is 10.3. The second-order valence-corrected chi connectivity index (χ2v) is 8.27. The number of rotatable bonds is 5. The van der Waals surface area contributed by atoms with Gasteiger partial charge in [0.05, 0.1) is 13.2 Å². The maximum atomic E-state index is 5.44. The Morgan fingerprint density at radius 2 is 2.00 bits per heavy atom. The highest BCUT2D eigenvalue weighted by molar-refractivity contribution is 5.80. The van der Waals surface area contributed by atoms with Crippen LogP contribution in [0.1, 0.15) is 37.3 Å². The fraction of sp³-hybridized carbons (Fsp3) is 0.842. The summed E-state index contributed by atoms with van der Waals surface area (Å²) in [6.45, 7) is 10.5. The average Bonchev–Trinajstić information content (AvgIpc) is 3.24. The van der Waals surface area contributed by atoms with Crippen LogP contribution in [0, 0.1) is 12.3 Å². The summed E-state index contributed by atoms with van der Waals surface area (Å²) in [6.07, 6.45) is 5.46. The summed E-state index contributed by atoms with van der Waals surface area (Å²) < 4.78 is 7.46. The van der Waals surface area contributed by atoms with Crippen LogP contribution < -0.4 is 5.32 Å². The fourth-order valence-corrected chi connectivity index (χ4v) is 4.35. The predicted octanol–water partition coefficient (Wildman–Crippen LogP) is 0.777. The second-order valence-electron chi connectivity index (χ2n) is 8.27. The van der Waals surface area contributed by atoms with E-state index in [1.807, 2.05) is 18.5 Å². The Bertz CT molecular complexity index is 661. The highest BCUT2D eigenvalue weighted by atomic mass is 16.5. The van der Waals surface area contributed by atoms with E-state index in [9.17, 15) is 0 Å². The van der Waals surface area contributed by atoms with Gasteiger partial charge in [0, 0.05) is 46.3 Å². The van der Waals surface area contributed by atoms with Gasteiger partial charge in [-0.2, -0.15) is 0 Å². The van der Waals surface area contributed by atoms with Gasteiger partial charge in [0.2, 0.25) is 0 Å². The molecule has 0 aromatic carbocycles. The molecule has 150 valence electrons. The van der Waals surface area contributed by atoms with Crippen molar-refractivity contribution in [2.24, 2.45) is 17.5 Å². The Labute approximate surface area is 162 Å². The van der Waals surface area contributed by atoms with Gasteiger partial charge in [-0.05, 0) is 31.6 Å². The number of aromatic nitrogens is 3. The molecule has 0 atom stereocenters. The minimum Gasteiger partial charge on any atom is -0.379 e. The molecular formula is C19H33N7O. The maximum Gasteiger partial charge on any atom is 0.194 e. The maximum absolute atomic E-state index is 5.44. The highest BCUT2D eigenvalue weighted by Gasteiger charge is 2.43. The number of morpholine rings is 1. The van der Waals surface area contributed by atoms with E-state index in [0.717, 1.165) is 70.1 Å². The third kappa shape index (κ3) is 4.27. The van der Waals surface area contributed by atoms with Crippen LogP contribution in [0.15, 0.2) is 4.99 Å². The predicted molar refractivity (Wildman–Crippen MR) is 105 cm³/mol. The van der Waals surface area contributed by atoms with Crippen molar-refractivity contribution in [2.45, 2.75) is 39.2 Å². The smallest absolute Gasteiger partial charge is 0.194 e. The van der Waals surface area contributed by atoms with Crippen molar-refractivity contribution < 1.29 is 4.74 Å². The normalized spacial score (nSPS) is 23.0. The molecule has 1 aliphatic carbocycles. The summed E-state index contributed by atoms with van der Waals surface area (Å²) in [4.78, 5) is 9.84. The van der Waals surface area contributed by atoms with E-state index in [2.05, 4.69) is 25.3 Å². The van der Waals surface area contributed by atoms with E-state index in [1.54, 1.807) is 0 Å². The molecule has 0 amide bonds. The van der Waals surface area contributed by atoms with Gasteiger partial charge in [-0.3, -0.25) is 4.90 Å². The number of hydrogen-bond donors (Lipinski definition) is 1. The number of aliphatic imine (C=N–C) groups is 1. The highest BCUT2D eigenvalue weighted by Crippen LogP contribution is 2.47. The minimum atomic E-state index is 0.564.